The van der Waals surface area contributed by atoms with Crippen LogP contribution in [0.2, 0.25) is 0 Å². The average molecular weight is 521 g/mol. The molecule has 6 aliphatic carbocycles. The summed E-state index contributed by atoms with van der Waals surface area (Å²) in [6.07, 6.45) is 37.1. The van der Waals surface area contributed by atoms with Crippen molar-refractivity contribution in [2.75, 3.05) is 0 Å². The van der Waals surface area contributed by atoms with Gasteiger partial charge in [0.05, 0.1) is 0 Å². The lowest BCUT2D eigenvalue weighted by atomic mass is 9.61. The van der Waals surface area contributed by atoms with Crippen molar-refractivity contribution in [3.05, 3.63) is 0 Å². The Bertz CT molecular complexity index is 797. The molecule has 10 unspecified atom stereocenters. The second-order valence-electron chi connectivity index (χ2n) is 16.1. The number of hydrogen-bond acceptors (Lipinski definition) is 2. The van der Waals surface area contributed by atoms with Gasteiger partial charge in [0.25, 0.3) is 0 Å². The third-order valence-corrected chi connectivity index (χ3v) is 14.6. The standard InChI is InChI=1S/C36H60N2/c1-3-12-25(13-4-1)26-14-11-17-28(24-26)38-32-21-10-8-19-30(32)36-34(38)23-22-33-35(36)29-18-7-9-20-31(29)37(33)27-15-5-2-6-16-27/h25-36H,1-24H2. The van der Waals surface area contributed by atoms with E-state index in [1.807, 2.05) is 0 Å². The lowest BCUT2D eigenvalue weighted by molar-refractivity contribution is 0.0101. The van der Waals surface area contributed by atoms with Crippen molar-refractivity contribution in [1.29, 1.82) is 0 Å². The average Bonchev–Trinajstić information content (AvgIpc) is 3.51. The summed E-state index contributed by atoms with van der Waals surface area (Å²) in [7, 11) is 0. The van der Waals surface area contributed by atoms with Crippen molar-refractivity contribution in [2.45, 2.75) is 190 Å². The first-order valence-corrected chi connectivity index (χ1v) is 18.4. The quantitative estimate of drug-likeness (QED) is 0.366. The number of fused-ring (bicyclic) bond motifs is 7. The van der Waals surface area contributed by atoms with Crippen LogP contribution in [-0.4, -0.2) is 46.1 Å². The van der Waals surface area contributed by atoms with Crippen molar-refractivity contribution in [3.63, 3.8) is 0 Å². The van der Waals surface area contributed by atoms with Gasteiger partial charge >= 0.3 is 0 Å². The smallest absolute Gasteiger partial charge is 0.0137 e. The summed E-state index contributed by atoms with van der Waals surface area (Å²) in [6, 6.07) is 5.78. The molecule has 8 aliphatic rings. The molecule has 2 aliphatic heterocycles. The van der Waals surface area contributed by atoms with Crippen LogP contribution < -0.4 is 0 Å². The topological polar surface area (TPSA) is 6.48 Å². The fraction of sp³-hybridized carbons (Fsp3) is 1.00. The zero-order valence-corrected chi connectivity index (χ0v) is 24.8. The largest absolute Gasteiger partial charge is 0.294 e. The molecule has 0 aromatic rings. The highest BCUT2D eigenvalue weighted by atomic mass is 15.3. The predicted molar refractivity (Wildman–Crippen MR) is 158 cm³/mol. The van der Waals surface area contributed by atoms with Crippen LogP contribution in [0.5, 0.6) is 0 Å². The molecule has 8 rings (SSSR count). The Kier molecular flexibility index (Phi) is 7.39. The maximum absolute atomic E-state index is 3.36. The molecule has 0 aromatic heterocycles. The molecular weight excluding hydrogens is 460 g/mol. The maximum Gasteiger partial charge on any atom is 0.0137 e. The number of hydrogen-bond donors (Lipinski definition) is 0. The summed E-state index contributed by atoms with van der Waals surface area (Å²) in [5.41, 5.74) is 0. The fourth-order valence-corrected chi connectivity index (χ4v) is 13.5. The first-order chi connectivity index (χ1) is 18.9. The van der Waals surface area contributed by atoms with Gasteiger partial charge in [-0.15, -0.1) is 0 Å². The monoisotopic (exact) mass is 520 g/mol. The Morgan fingerprint density at radius 1 is 0.316 bits per heavy atom. The lowest BCUT2D eigenvalue weighted by Crippen LogP contribution is -2.53. The van der Waals surface area contributed by atoms with Crippen LogP contribution in [-0.2, 0) is 0 Å². The van der Waals surface area contributed by atoms with Crippen LogP contribution in [0.25, 0.3) is 0 Å². The van der Waals surface area contributed by atoms with E-state index in [1.165, 1.54) is 64.2 Å². The van der Waals surface area contributed by atoms with Crippen molar-refractivity contribution in [1.82, 2.24) is 9.80 Å². The summed E-state index contributed by atoms with van der Waals surface area (Å²) < 4.78 is 0. The SMILES string of the molecule is C1CCC(C2CCCC(N3C4CCCCC4C4C5C6CCCCC6N(C6CCCCC6)C5CCC43)C2)CC1. The van der Waals surface area contributed by atoms with Gasteiger partial charge in [0.15, 0.2) is 0 Å². The van der Waals surface area contributed by atoms with Gasteiger partial charge in [-0.25, -0.2) is 0 Å². The molecule has 6 saturated carbocycles. The van der Waals surface area contributed by atoms with E-state index in [-0.39, 0.29) is 0 Å². The Hall–Kier alpha value is -0.0800. The Morgan fingerprint density at radius 2 is 0.789 bits per heavy atom. The van der Waals surface area contributed by atoms with Crippen molar-refractivity contribution >= 4 is 0 Å². The number of nitrogens with zero attached hydrogens (tertiary/aromatic N) is 2. The van der Waals surface area contributed by atoms with Gasteiger partial charge in [-0.1, -0.05) is 89.9 Å². The summed E-state index contributed by atoms with van der Waals surface area (Å²) in [5, 5.41) is 0. The number of likely N-dealkylation sites (tertiary alicyclic amines) is 2. The summed E-state index contributed by atoms with van der Waals surface area (Å²) >= 11 is 0. The summed E-state index contributed by atoms with van der Waals surface area (Å²) in [6.45, 7) is 0. The van der Waals surface area contributed by atoms with Crippen LogP contribution in [0.1, 0.15) is 154 Å². The molecular formula is C36H60N2. The Labute approximate surface area is 235 Å². The molecule has 2 saturated heterocycles. The van der Waals surface area contributed by atoms with Gasteiger partial charge < -0.3 is 0 Å². The highest BCUT2D eigenvalue weighted by Crippen LogP contribution is 2.61. The highest BCUT2D eigenvalue weighted by Gasteiger charge is 2.63. The molecule has 0 N–H and O–H groups in total. The molecule has 38 heavy (non-hydrogen) atoms. The first kappa shape index (κ1) is 25.6. The van der Waals surface area contributed by atoms with Gasteiger partial charge in [0.2, 0.25) is 0 Å². The van der Waals surface area contributed by atoms with E-state index in [9.17, 15) is 0 Å². The van der Waals surface area contributed by atoms with E-state index in [0.717, 1.165) is 71.8 Å². The Balaban J connectivity index is 1.08. The van der Waals surface area contributed by atoms with E-state index >= 15 is 0 Å². The molecule has 2 heteroatoms. The molecule has 8 fully saturated rings. The zero-order valence-electron chi connectivity index (χ0n) is 24.8. The van der Waals surface area contributed by atoms with Gasteiger partial charge in [0, 0.05) is 36.3 Å². The van der Waals surface area contributed by atoms with E-state index in [4.69, 9.17) is 0 Å². The van der Waals surface area contributed by atoms with Crippen LogP contribution in [0.15, 0.2) is 0 Å². The molecule has 0 amide bonds. The van der Waals surface area contributed by atoms with Crippen molar-refractivity contribution in [3.8, 4) is 0 Å². The molecule has 0 radical (unpaired) electrons. The van der Waals surface area contributed by atoms with Gasteiger partial charge in [0.1, 0.15) is 0 Å². The van der Waals surface area contributed by atoms with Crippen LogP contribution in [0, 0.1) is 35.5 Å². The summed E-state index contributed by atoms with van der Waals surface area (Å²) in [4.78, 5) is 6.66. The Morgan fingerprint density at radius 3 is 1.42 bits per heavy atom. The molecule has 214 valence electrons. The minimum atomic E-state index is 0.950. The second-order valence-corrected chi connectivity index (χ2v) is 16.1. The minimum absolute atomic E-state index is 0.950. The van der Waals surface area contributed by atoms with Crippen molar-refractivity contribution < 1.29 is 0 Å². The maximum atomic E-state index is 3.36. The third kappa shape index (κ3) is 4.30. The van der Waals surface area contributed by atoms with E-state index < -0.39 is 0 Å². The third-order valence-electron chi connectivity index (χ3n) is 14.6. The molecule has 2 nitrogen and oxygen atoms in total. The molecule has 10 atom stereocenters. The van der Waals surface area contributed by atoms with Crippen molar-refractivity contribution in [2.24, 2.45) is 35.5 Å². The van der Waals surface area contributed by atoms with Gasteiger partial charge in [-0.2, -0.15) is 0 Å². The highest BCUT2D eigenvalue weighted by molar-refractivity contribution is 5.16. The van der Waals surface area contributed by atoms with Gasteiger partial charge in [-0.05, 0) is 99.7 Å². The number of rotatable bonds is 3. The molecule has 0 spiro atoms. The van der Waals surface area contributed by atoms with Crippen LogP contribution in [0.3, 0.4) is 0 Å². The molecule has 2 heterocycles. The normalized spacial score (nSPS) is 49.3. The predicted octanol–water partition coefficient (Wildman–Crippen LogP) is 8.97. The minimum Gasteiger partial charge on any atom is -0.294 e. The van der Waals surface area contributed by atoms with E-state index in [0.29, 0.717) is 0 Å². The fourth-order valence-electron chi connectivity index (χ4n) is 13.5. The van der Waals surface area contributed by atoms with Crippen LogP contribution >= 0.6 is 0 Å². The van der Waals surface area contributed by atoms with E-state index in [2.05, 4.69) is 9.80 Å². The molecule has 0 bridgehead atoms. The summed E-state index contributed by atoms with van der Waals surface area (Å²) in [5.74, 6) is 6.41. The zero-order chi connectivity index (χ0) is 25.1. The first-order valence-electron chi connectivity index (χ1n) is 18.4. The second kappa shape index (κ2) is 11.0. The van der Waals surface area contributed by atoms with E-state index in [1.54, 1.807) is 89.9 Å². The lowest BCUT2D eigenvalue weighted by Gasteiger charge is -2.48. The van der Waals surface area contributed by atoms with Crippen LogP contribution in [0.4, 0.5) is 0 Å². The van der Waals surface area contributed by atoms with Gasteiger partial charge in [-0.3, -0.25) is 9.80 Å². The molecule has 0 aromatic carbocycles.